The maximum Gasteiger partial charge on any atom is 0.336 e. The molecule has 0 N–H and O–H groups in total. The van der Waals surface area contributed by atoms with Gasteiger partial charge in [0.25, 0.3) is 0 Å². The largest absolute Gasteiger partial charge is 0.464 e. The van der Waals surface area contributed by atoms with Gasteiger partial charge in [0, 0.05) is 0 Å². The Labute approximate surface area is 115 Å². The quantitative estimate of drug-likeness (QED) is 0.446. The molecule has 0 saturated carbocycles. The monoisotopic (exact) mass is 262 g/mol. The van der Waals surface area contributed by atoms with E-state index in [1.165, 1.54) is 17.4 Å². The van der Waals surface area contributed by atoms with Crippen molar-refractivity contribution in [3.05, 3.63) is 41.2 Å². The molecule has 0 saturated heterocycles. The molecule has 0 aliphatic heterocycles. The van der Waals surface area contributed by atoms with E-state index in [9.17, 15) is 4.79 Å². The Morgan fingerprint density at radius 3 is 2.42 bits per heavy atom. The van der Waals surface area contributed by atoms with Crippen LogP contribution < -0.4 is 4.74 Å². The molecule has 0 spiro atoms. The molecule has 0 amide bonds. The van der Waals surface area contributed by atoms with E-state index in [0.29, 0.717) is 12.2 Å². The van der Waals surface area contributed by atoms with E-state index in [1.54, 1.807) is 13.8 Å². The van der Waals surface area contributed by atoms with Crippen LogP contribution in [0.25, 0.3) is 0 Å². The van der Waals surface area contributed by atoms with E-state index in [0.717, 1.165) is 18.6 Å². The molecule has 0 aliphatic carbocycles. The Bertz CT molecular complexity index is 461. The van der Waals surface area contributed by atoms with E-state index < -0.39 is 0 Å². The number of rotatable bonds is 6. The van der Waals surface area contributed by atoms with Gasteiger partial charge in [-0.2, -0.15) is 0 Å². The maximum atomic E-state index is 11.4. The highest BCUT2D eigenvalue weighted by atomic mass is 16.5. The van der Waals surface area contributed by atoms with Crippen LogP contribution in [-0.4, -0.2) is 12.6 Å². The summed E-state index contributed by atoms with van der Waals surface area (Å²) in [5, 5.41) is 0. The topological polar surface area (TPSA) is 35.5 Å². The fraction of sp³-hybridized carbons (Fsp3) is 0.438. The minimum absolute atomic E-state index is 0.344. The standard InChI is InChI=1S/C16H22O3/c1-5-13-8-9-15(10-14(13)6-2)19-11-12(4)16(17)18-7-3/h8-11H,5-7H2,1-4H3. The summed E-state index contributed by atoms with van der Waals surface area (Å²) >= 11 is 0. The molecule has 1 aromatic rings. The number of hydrogen-bond donors (Lipinski definition) is 0. The first kappa shape index (κ1) is 15.3. The lowest BCUT2D eigenvalue weighted by atomic mass is 10.0. The van der Waals surface area contributed by atoms with Gasteiger partial charge >= 0.3 is 5.97 Å². The van der Waals surface area contributed by atoms with E-state index in [2.05, 4.69) is 19.9 Å². The number of hydrogen-bond acceptors (Lipinski definition) is 3. The second kappa shape index (κ2) is 7.62. The zero-order valence-electron chi connectivity index (χ0n) is 12.2. The SMILES string of the molecule is CCOC(=O)C(C)=COc1ccc(CC)c(CC)c1. The van der Waals surface area contributed by atoms with Gasteiger partial charge in [-0.25, -0.2) is 4.79 Å². The summed E-state index contributed by atoms with van der Waals surface area (Å²) < 4.78 is 10.4. The predicted molar refractivity (Wildman–Crippen MR) is 76.2 cm³/mol. The van der Waals surface area contributed by atoms with Crippen molar-refractivity contribution in [2.75, 3.05) is 6.61 Å². The molecule has 3 nitrogen and oxygen atoms in total. The zero-order valence-corrected chi connectivity index (χ0v) is 12.2. The highest BCUT2D eigenvalue weighted by Crippen LogP contribution is 2.19. The summed E-state index contributed by atoms with van der Waals surface area (Å²) in [7, 11) is 0. The van der Waals surface area contributed by atoms with Crippen LogP contribution in [0, 0.1) is 0 Å². The van der Waals surface area contributed by atoms with Gasteiger partial charge in [0.15, 0.2) is 0 Å². The third-order valence-electron chi connectivity index (χ3n) is 2.91. The second-order valence-corrected chi connectivity index (χ2v) is 4.28. The van der Waals surface area contributed by atoms with Crippen LogP contribution in [0.3, 0.4) is 0 Å². The average Bonchev–Trinajstić information content (AvgIpc) is 2.44. The van der Waals surface area contributed by atoms with Crippen molar-refractivity contribution < 1.29 is 14.3 Å². The molecule has 104 valence electrons. The van der Waals surface area contributed by atoms with Gasteiger partial charge in [-0.3, -0.25) is 0 Å². The molecular formula is C16H22O3. The first-order valence-electron chi connectivity index (χ1n) is 6.74. The summed E-state index contributed by atoms with van der Waals surface area (Å²) in [4.78, 5) is 11.4. The number of esters is 1. The highest BCUT2D eigenvalue weighted by Gasteiger charge is 2.05. The maximum absolute atomic E-state index is 11.4. The highest BCUT2D eigenvalue weighted by molar-refractivity contribution is 5.87. The molecule has 0 fully saturated rings. The number of benzene rings is 1. The summed E-state index contributed by atoms with van der Waals surface area (Å²) in [5.41, 5.74) is 3.07. The van der Waals surface area contributed by atoms with Crippen molar-refractivity contribution >= 4 is 5.97 Å². The lowest BCUT2D eigenvalue weighted by molar-refractivity contribution is -0.138. The van der Waals surface area contributed by atoms with Gasteiger partial charge in [-0.1, -0.05) is 19.9 Å². The first-order chi connectivity index (χ1) is 9.12. The second-order valence-electron chi connectivity index (χ2n) is 4.28. The number of aryl methyl sites for hydroxylation is 2. The molecular weight excluding hydrogens is 240 g/mol. The van der Waals surface area contributed by atoms with Crippen LogP contribution in [0.1, 0.15) is 38.8 Å². The van der Waals surface area contributed by atoms with Crippen LogP contribution in [0.5, 0.6) is 5.75 Å². The van der Waals surface area contributed by atoms with Gasteiger partial charge in [-0.15, -0.1) is 0 Å². The van der Waals surface area contributed by atoms with Crippen molar-refractivity contribution in [1.82, 2.24) is 0 Å². The molecule has 0 bridgehead atoms. The fourth-order valence-corrected chi connectivity index (χ4v) is 1.80. The van der Waals surface area contributed by atoms with Gasteiger partial charge in [0.05, 0.1) is 12.2 Å². The Morgan fingerprint density at radius 2 is 1.84 bits per heavy atom. The Hall–Kier alpha value is -1.77. The van der Waals surface area contributed by atoms with Crippen molar-refractivity contribution in [2.45, 2.75) is 40.5 Å². The molecule has 3 heteroatoms. The Morgan fingerprint density at radius 1 is 1.16 bits per heavy atom. The van der Waals surface area contributed by atoms with E-state index in [-0.39, 0.29) is 5.97 Å². The first-order valence-corrected chi connectivity index (χ1v) is 6.74. The Balaban J connectivity index is 2.77. The molecule has 0 unspecified atom stereocenters. The molecule has 0 aromatic heterocycles. The van der Waals surface area contributed by atoms with Gasteiger partial charge in [0.1, 0.15) is 12.0 Å². The average molecular weight is 262 g/mol. The summed E-state index contributed by atoms with van der Waals surface area (Å²) in [6, 6.07) is 6.02. The van der Waals surface area contributed by atoms with Crippen molar-refractivity contribution in [1.29, 1.82) is 0 Å². The smallest absolute Gasteiger partial charge is 0.336 e. The lowest BCUT2D eigenvalue weighted by Crippen LogP contribution is -2.06. The molecule has 0 aliphatic rings. The molecule has 1 rings (SSSR count). The van der Waals surface area contributed by atoms with Gasteiger partial charge < -0.3 is 9.47 Å². The molecule has 1 aromatic carbocycles. The van der Waals surface area contributed by atoms with Crippen LogP contribution in [-0.2, 0) is 22.4 Å². The molecule has 19 heavy (non-hydrogen) atoms. The fourth-order valence-electron chi connectivity index (χ4n) is 1.80. The molecule has 0 heterocycles. The van der Waals surface area contributed by atoms with E-state index >= 15 is 0 Å². The van der Waals surface area contributed by atoms with E-state index in [1.807, 2.05) is 12.1 Å². The van der Waals surface area contributed by atoms with Gasteiger partial charge in [0.2, 0.25) is 0 Å². The third kappa shape index (κ3) is 4.43. The van der Waals surface area contributed by atoms with Crippen molar-refractivity contribution in [3.8, 4) is 5.75 Å². The van der Waals surface area contributed by atoms with Gasteiger partial charge in [-0.05, 0) is 49.9 Å². The summed E-state index contributed by atoms with van der Waals surface area (Å²) in [6.07, 6.45) is 3.43. The van der Waals surface area contributed by atoms with Crippen LogP contribution >= 0.6 is 0 Å². The Kier molecular flexibility index (Phi) is 6.13. The summed E-state index contributed by atoms with van der Waals surface area (Å²) in [6.45, 7) is 8.09. The minimum Gasteiger partial charge on any atom is -0.464 e. The van der Waals surface area contributed by atoms with Crippen molar-refractivity contribution in [3.63, 3.8) is 0 Å². The number of ether oxygens (including phenoxy) is 2. The lowest BCUT2D eigenvalue weighted by Gasteiger charge is -2.08. The predicted octanol–water partition coefficient (Wildman–Crippen LogP) is 3.66. The van der Waals surface area contributed by atoms with Crippen LogP contribution in [0.4, 0.5) is 0 Å². The van der Waals surface area contributed by atoms with Crippen LogP contribution in [0.2, 0.25) is 0 Å². The zero-order chi connectivity index (χ0) is 14.3. The van der Waals surface area contributed by atoms with E-state index in [4.69, 9.17) is 9.47 Å². The third-order valence-corrected chi connectivity index (χ3v) is 2.91. The number of carbonyl (C=O) groups excluding carboxylic acids is 1. The van der Waals surface area contributed by atoms with Crippen LogP contribution in [0.15, 0.2) is 30.0 Å². The molecule has 0 atom stereocenters. The normalized spacial score (nSPS) is 11.3. The minimum atomic E-state index is -0.344. The molecule has 0 radical (unpaired) electrons. The number of carbonyl (C=O) groups is 1. The summed E-state index contributed by atoms with van der Waals surface area (Å²) in [5.74, 6) is 0.404. The van der Waals surface area contributed by atoms with Crippen molar-refractivity contribution in [2.24, 2.45) is 0 Å².